The molecule has 1 rings (SSSR count). The highest BCUT2D eigenvalue weighted by molar-refractivity contribution is 7.91. The standard InChI is InChI=1S/C11H17NO2S/c1-3-10(12-2)9-15(13,14)11-7-5-4-6-8-11/h4-8,10,12H,3,9H2,1-2H3. The molecule has 84 valence electrons. The summed E-state index contributed by atoms with van der Waals surface area (Å²) in [6, 6.07) is 8.60. The minimum absolute atomic E-state index is 0.0233. The van der Waals surface area contributed by atoms with Gasteiger partial charge in [0.05, 0.1) is 10.6 Å². The van der Waals surface area contributed by atoms with E-state index >= 15 is 0 Å². The monoisotopic (exact) mass is 227 g/mol. The van der Waals surface area contributed by atoms with Gasteiger partial charge in [-0.2, -0.15) is 0 Å². The number of hydrogen-bond donors (Lipinski definition) is 1. The summed E-state index contributed by atoms with van der Waals surface area (Å²) in [6.07, 6.45) is 0.808. The van der Waals surface area contributed by atoms with Crippen molar-refractivity contribution in [2.24, 2.45) is 0 Å². The van der Waals surface area contributed by atoms with Crippen molar-refractivity contribution in [3.63, 3.8) is 0 Å². The van der Waals surface area contributed by atoms with Crippen molar-refractivity contribution in [1.29, 1.82) is 0 Å². The van der Waals surface area contributed by atoms with Gasteiger partial charge in [-0.3, -0.25) is 0 Å². The highest BCUT2D eigenvalue weighted by atomic mass is 32.2. The van der Waals surface area contributed by atoms with Crippen LogP contribution >= 0.6 is 0 Å². The van der Waals surface area contributed by atoms with Crippen LogP contribution in [-0.4, -0.2) is 27.3 Å². The molecule has 4 heteroatoms. The van der Waals surface area contributed by atoms with Gasteiger partial charge in [-0.05, 0) is 25.6 Å². The van der Waals surface area contributed by atoms with E-state index in [2.05, 4.69) is 5.32 Å². The first kappa shape index (κ1) is 12.2. The molecule has 1 atom stereocenters. The largest absolute Gasteiger partial charge is 0.316 e. The van der Waals surface area contributed by atoms with Crippen LogP contribution < -0.4 is 5.32 Å². The molecule has 15 heavy (non-hydrogen) atoms. The van der Waals surface area contributed by atoms with Gasteiger partial charge in [-0.15, -0.1) is 0 Å². The molecule has 0 fully saturated rings. The van der Waals surface area contributed by atoms with E-state index in [-0.39, 0.29) is 11.8 Å². The summed E-state index contributed by atoms with van der Waals surface area (Å²) in [5.41, 5.74) is 0. The SMILES string of the molecule is CCC(CS(=O)(=O)c1ccccc1)NC. The molecule has 0 radical (unpaired) electrons. The average molecular weight is 227 g/mol. The minimum Gasteiger partial charge on any atom is -0.316 e. The summed E-state index contributed by atoms with van der Waals surface area (Å²) in [5, 5.41) is 3.00. The molecule has 1 unspecified atom stereocenters. The Hall–Kier alpha value is -0.870. The smallest absolute Gasteiger partial charge is 0.179 e. The van der Waals surface area contributed by atoms with Crippen LogP contribution in [-0.2, 0) is 9.84 Å². The van der Waals surface area contributed by atoms with E-state index in [9.17, 15) is 8.42 Å². The van der Waals surface area contributed by atoms with E-state index in [1.165, 1.54) is 0 Å². The van der Waals surface area contributed by atoms with Crippen molar-refractivity contribution in [3.05, 3.63) is 30.3 Å². The van der Waals surface area contributed by atoms with Gasteiger partial charge in [0.25, 0.3) is 0 Å². The Kier molecular flexibility index (Phi) is 4.29. The van der Waals surface area contributed by atoms with Crippen molar-refractivity contribution in [1.82, 2.24) is 5.32 Å². The van der Waals surface area contributed by atoms with Gasteiger partial charge in [0, 0.05) is 6.04 Å². The molecule has 0 bridgehead atoms. The van der Waals surface area contributed by atoms with Crippen LogP contribution in [0.2, 0.25) is 0 Å². The molecule has 0 spiro atoms. The number of nitrogens with one attached hydrogen (secondary N) is 1. The van der Waals surface area contributed by atoms with E-state index in [0.717, 1.165) is 6.42 Å². The summed E-state index contributed by atoms with van der Waals surface area (Å²) in [7, 11) is -1.36. The van der Waals surface area contributed by atoms with Gasteiger partial charge in [0.1, 0.15) is 0 Å². The third-order valence-corrected chi connectivity index (χ3v) is 4.26. The molecule has 3 nitrogen and oxygen atoms in total. The maximum Gasteiger partial charge on any atom is 0.179 e. The lowest BCUT2D eigenvalue weighted by Crippen LogP contribution is -2.32. The van der Waals surface area contributed by atoms with Gasteiger partial charge < -0.3 is 5.32 Å². The molecule has 0 heterocycles. The number of sulfone groups is 1. The third kappa shape index (κ3) is 3.32. The molecule has 0 saturated heterocycles. The Labute approximate surface area is 91.4 Å². The van der Waals surface area contributed by atoms with Crippen LogP contribution in [0.25, 0.3) is 0 Å². The lowest BCUT2D eigenvalue weighted by molar-refractivity contribution is 0.556. The summed E-state index contributed by atoms with van der Waals surface area (Å²) >= 11 is 0. The van der Waals surface area contributed by atoms with Crippen molar-refractivity contribution in [2.45, 2.75) is 24.3 Å². The van der Waals surface area contributed by atoms with Gasteiger partial charge in [0.2, 0.25) is 0 Å². The fourth-order valence-corrected chi connectivity index (χ4v) is 3.09. The van der Waals surface area contributed by atoms with Gasteiger partial charge in [-0.25, -0.2) is 8.42 Å². The van der Waals surface area contributed by atoms with Crippen LogP contribution in [0, 0.1) is 0 Å². The topological polar surface area (TPSA) is 46.2 Å². The Morgan fingerprint density at radius 3 is 2.33 bits per heavy atom. The van der Waals surface area contributed by atoms with E-state index in [4.69, 9.17) is 0 Å². The first-order valence-corrected chi connectivity index (χ1v) is 6.70. The zero-order valence-corrected chi connectivity index (χ0v) is 9.92. The number of hydrogen-bond acceptors (Lipinski definition) is 3. The summed E-state index contributed by atoms with van der Waals surface area (Å²) in [4.78, 5) is 0.402. The summed E-state index contributed by atoms with van der Waals surface area (Å²) < 4.78 is 23.8. The second kappa shape index (κ2) is 5.28. The fraction of sp³-hybridized carbons (Fsp3) is 0.455. The summed E-state index contributed by atoms with van der Waals surface area (Å²) in [6.45, 7) is 1.97. The zero-order valence-electron chi connectivity index (χ0n) is 9.10. The lowest BCUT2D eigenvalue weighted by Gasteiger charge is -2.13. The predicted octanol–water partition coefficient (Wildman–Crippen LogP) is 1.46. The number of benzene rings is 1. The molecule has 0 aliphatic rings. The van der Waals surface area contributed by atoms with Crippen LogP contribution in [0.15, 0.2) is 35.2 Å². The minimum atomic E-state index is -3.15. The quantitative estimate of drug-likeness (QED) is 0.828. The first-order valence-electron chi connectivity index (χ1n) is 5.05. The highest BCUT2D eigenvalue weighted by Crippen LogP contribution is 2.11. The average Bonchev–Trinajstić information content (AvgIpc) is 2.27. The van der Waals surface area contributed by atoms with E-state index < -0.39 is 9.84 Å². The molecule has 0 aliphatic heterocycles. The molecule has 1 aromatic carbocycles. The molecule has 0 aliphatic carbocycles. The van der Waals surface area contributed by atoms with E-state index in [1.54, 1.807) is 31.3 Å². The molecule has 1 N–H and O–H groups in total. The molecule has 0 aromatic heterocycles. The molecule has 1 aromatic rings. The molecular weight excluding hydrogens is 210 g/mol. The zero-order chi connectivity index (χ0) is 11.3. The highest BCUT2D eigenvalue weighted by Gasteiger charge is 2.18. The van der Waals surface area contributed by atoms with E-state index in [0.29, 0.717) is 4.90 Å². The Balaban J connectivity index is 2.85. The van der Waals surface area contributed by atoms with Gasteiger partial charge >= 0.3 is 0 Å². The third-order valence-electron chi connectivity index (χ3n) is 2.42. The summed E-state index contributed by atoms with van der Waals surface area (Å²) in [5.74, 6) is 0.157. The maximum atomic E-state index is 11.9. The maximum absolute atomic E-state index is 11.9. The van der Waals surface area contributed by atoms with E-state index in [1.807, 2.05) is 13.0 Å². The Bertz CT molecular complexity index is 382. The van der Waals surface area contributed by atoms with Crippen molar-refractivity contribution < 1.29 is 8.42 Å². The fourth-order valence-electron chi connectivity index (χ4n) is 1.39. The second-order valence-electron chi connectivity index (χ2n) is 3.49. The van der Waals surface area contributed by atoms with Gasteiger partial charge in [-0.1, -0.05) is 25.1 Å². The van der Waals surface area contributed by atoms with Crippen LogP contribution in [0.4, 0.5) is 0 Å². The Morgan fingerprint density at radius 2 is 1.87 bits per heavy atom. The molecule has 0 amide bonds. The van der Waals surface area contributed by atoms with Crippen molar-refractivity contribution in [2.75, 3.05) is 12.8 Å². The first-order chi connectivity index (χ1) is 7.10. The predicted molar refractivity (Wildman–Crippen MR) is 61.6 cm³/mol. The number of rotatable bonds is 5. The van der Waals surface area contributed by atoms with Crippen LogP contribution in [0.3, 0.4) is 0 Å². The second-order valence-corrected chi connectivity index (χ2v) is 5.52. The lowest BCUT2D eigenvalue weighted by atomic mass is 10.3. The normalized spacial score (nSPS) is 13.7. The van der Waals surface area contributed by atoms with Gasteiger partial charge in [0.15, 0.2) is 9.84 Å². The van der Waals surface area contributed by atoms with Crippen molar-refractivity contribution in [3.8, 4) is 0 Å². The van der Waals surface area contributed by atoms with Crippen LogP contribution in [0.5, 0.6) is 0 Å². The van der Waals surface area contributed by atoms with Crippen LogP contribution in [0.1, 0.15) is 13.3 Å². The van der Waals surface area contributed by atoms with Crippen molar-refractivity contribution >= 4 is 9.84 Å². The molecule has 0 saturated carbocycles. The Morgan fingerprint density at radius 1 is 1.27 bits per heavy atom. The molecular formula is C11H17NO2S.